The third kappa shape index (κ3) is 1.88. The second-order valence-electron chi connectivity index (χ2n) is 5.29. The summed E-state index contributed by atoms with van der Waals surface area (Å²) in [4.78, 5) is 11.9. The molecule has 1 saturated carbocycles. The Hall–Kier alpha value is -1.91. The van der Waals surface area contributed by atoms with E-state index in [2.05, 4.69) is 0 Å². The lowest BCUT2D eigenvalue weighted by Crippen LogP contribution is -2.34. The Morgan fingerprint density at radius 1 is 1.25 bits per heavy atom. The molecule has 0 atom stereocenters. The van der Waals surface area contributed by atoms with Crippen LogP contribution < -0.4 is 14.2 Å². The van der Waals surface area contributed by atoms with Crippen molar-refractivity contribution in [2.24, 2.45) is 0 Å². The Balaban J connectivity index is 2.18. The van der Waals surface area contributed by atoms with Gasteiger partial charge in [-0.2, -0.15) is 0 Å². The van der Waals surface area contributed by atoms with Gasteiger partial charge in [0.05, 0.1) is 12.5 Å². The zero-order valence-electron chi connectivity index (χ0n) is 11.5. The van der Waals surface area contributed by atoms with Gasteiger partial charge in [-0.15, -0.1) is 0 Å². The monoisotopic (exact) mass is 278 g/mol. The molecule has 0 spiro atoms. The highest BCUT2D eigenvalue weighted by Crippen LogP contribution is 2.50. The normalized spacial score (nSPS) is 19.6. The third-order valence-electron chi connectivity index (χ3n) is 4.23. The summed E-state index contributed by atoms with van der Waals surface area (Å²) in [7, 11) is 1.57. The summed E-state index contributed by atoms with van der Waals surface area (Å²) in [5.74, 6) is 0.968. The largest absolute Gasteiger partial charge is 0.497 e. The van der Waals surface area contributed by atoms with Crippen LogP contribution in [0.3, 0.4) is 0 Å². The first-order valence-corrected chi connectivity index (χ1v) is 6.89. The van der Waals surface area contributed by atoms with Crippen LogP contribution in [-0.4, -0.2) is 31.4 Å². The van der Waals surface area contributed by atoms with Crippen molar-refractivity contribution < 1.29 is 24.1 Å². The van der Waals surface area contributed by atoms with Crippen LogP contribution in [0.15, 0.2) is 12.1 Å². The van der Waals surface area contributed by atoms with Gasteiger partial charge < -0.3 is 19.3 Å². The summed E-state index contributed by atoms with van der Waals surface area (Å²) >= 11 is 0. The number of carbonyl (C=O) groups is 1. The van der Waals surface area contributed by atoms with Crippen LogP contribution in [0.25, 0.3) is 0 Å². The van der Waals surface area contributed by atoms with Crippen molar-refractivity contribution >= 4 is 5.97 Å². The van der Waals surface area contributed by atoms with E-state index in [0.717, 1.165) is 12.8 Å². The highest BCUT2D eigenvalue weighted by molar-refractivity contribution is 5.84. The van der Waals surface area contributed by atoms with Crippen LogP contribution in [0.5, 0.6) is 17.2 Å². The summed E-state index contributed by atoms with van der Waals surface area (Å²) in [6.45, 7) is 0.918. The predicted molar refractivity (Wildman–Crippen MR) is 71.8 cm³/mol. The van der Waals surface area contributed by atoms with Gasteiger partial charge in [-0.25, -0.2) is 0 Å². The summed E-state index contributed by atoms with van der Waals surface area (Å²) in [5, 5.41) is 9.75. The molecule has 3 rings (SSSR count). The lowest BCUT2D eigenvalue weighted by molar-refractivity contribution is -0.143. The Kier molecular flexibility index (Phi) is 3.20. The van der Waals surface area contributed by atoms with Crippen molar-refractivity contribution in [1.29, 1.82) is 0 Å². The molecule has 1 heterocycles. The van der Waals surface area contributed by atoms with E-state index in [9.17, 15) is 9.90 Å². The molecule has 0 saturated heterocycles. The van der Waals surface area contributed by atoms with E-state index in [4.69, 9.17) is 14.2 Å². The van der Waals surface area contributed by atoms with E-state index in [-0.39, 0.29) is 0 Å². The number of ether oxygens (including phenoxy) is 3. The highest BCUT2D eigenvalue weighted by Gasteiger charge is 2.46. The summed E-state index contributed by atoms with van der Waals surface area (Å²) in [5.41, 5.74) is -0.184. The van der Waals surface area contributed by atoms with Gasteiger partial charge in [0.15, 0.2) is 11.5 Å². The zero-order chi connectivity index (χ0) is 14.2. The Morgan fingerprint density at radius 3 is 2.60 bits per heavy atom. The second kappa shape index (κ2) is 4.89. The molecule has 1 aromatic rings. The van der Waals surface area contributed by atoms with Gasteiger partial charge in [0.2, 0.25) is 0 Å². The van der Waals surface area contributed by atoms with Crippen molar-refractivity contribution in [2.75, 3.05) is 20.3 Å². The molecule has 20 heavy (non-hydrogen) atoms. The van der Waals surface area contributed by atoms with Crippen molar-refractivity contribution in [1.82, 2.24) is 0 Å². The van der Waals surface area contributed by atoms with E-state index < -0.39 is 11.4 Å². The molecular formula is C15H18O5. The second-order valence-corrected chi connectivity index (χ2v) is 5.29. The van der Waals surface area contributed by atoms with Crippen LogP contribution in [-0.2, 0) is 10.2 Å². The standard InChI is InChI=1S/C15H18O5/c1-18-10-8-11(13-12(9-10)19-6-7-20-13)15(14(16)17)4-2-3-5-15/h8-9H,2-7H2,1H3,(H,16,17). The Morgan fingerprint density at radius 2 is 1.95 bits per heavy atom. The van der Waals surface area contributed by atoms with E-state index in [1.54, 1.807) is 19.2 Å². The Bertz CT molecular complexity index is 531. The van der Waals surface area contributed by atoms with Crippen LogP contribution in [0, 0.1) is 0 Å². The number of rotatable bonds is 3. The van der Waals surface area contributed by atoms with Gasteiger partial charge in [0.25, 0.3) is 0 Å². The molecule has 108 valence electrons. The SMILES string of the molecule is COc1cc2c(c(C3(C(=O)O)CCCC3)c1)OCCO2. The number of fused-ring (bicyclic) bond motifs is 1. The summed E-state index contributed by atoms with van der Waals surface area (Å²) in [6, 6.07) is 3.54. The third-order valence-corrected chi connectivity index (χ3v) is 4.23. The average molecular weight is 278 g/mol. The average Bonchev–Trinajstić information content (AvgIpc) is 2.96. The quantitative estimate of drug-likeness (QED) is 0.919. The number of benzene rings is 1. The molecule has 1 aliphatic carbocycles. The van der Waals surface area contributed by atoms with Crippen LogP contribution in [0.4, 0.5) is 0 Å². The Labute approximate surface area is 117 Å². The summed E-state index contributed by atoms with van der Waals surface area (Å²) < 4.78 is 16.6. The minimum atomic E-state index is -0.876. The molecule has 5 heteroatoms. The van der Waals surface area contributed by atoms with Gasteiger partial charge in [0.1, 0.15) is 19.0 Å². The number of hydrogen-bond acceptors (Lipinski definition) is 4. The minimum absolute atomic E-state index is 0.446. The molecular weight excluding hydrogens is 260 g/mol. The topological polar surface area (TPSA) is 65.0 Å². The molecule has 2 aliphatic rings. The van der Waals surface area contributed by atoms with Gasteiger partial charge in [-0.05, 0) is 18.9 Å². The fourth-order valence-electron chi connectivity index (χ4n) is 3.18. The van der Waals surface area contributed by atoms with Gasteiger partial charge >= 0.3 is 5.97 Å². The van der Waals surface area contributed by atoms with Crippen molar-refractivity contribution in [2.45, 2.75) is 31.1 Å². The van der Waals surface area contributed by atoms with Crippen molar-refractivity contribution in [3.8, 4) is 17.2 Å². The molecule has 0 unspecified atom stereocenters. The van der Waals surface area contributed by atoms with E-state index in [1.165, 1.54) is 0 Å². The van der Waals surface area contributed by atoms with E-state index >= 15 is 0 Å². The molecule has 0 aromatic heterocycles. The maximum atomic E-state index is 11.9. The first-order chi connectivity index (χ1) is 9.67. The molecule has 5 nitrogen and oxygen atoms in total. The number of hydrogen-bond donors (Lipinski definition) is 1. The van der Waals surface area contributed by atoms with Crippen LogP contribution >= 0.6 is 0 Å². The highest BCUT2D eigenvalue weighted by atomic mass is 16.6. The van der Waals surface area contributed by atoms with Gasteiger partial charge in [0, 0.05) is 11.6 Å². The first kappa shape index (κ1) is 13.1. The smallest absolute Gasteiger partial charge is 0.314 e. The molecule has 1 N–H and O–H groups in total. The number of aliphatic carboxylic acids is 1. The molecule has 0 bridgehead atoms. The maximum absolute atomic E-state index is 11.9. The maximum Gasteiger partial charge on any atom is 0.314 e. The lowest BCUT2D eigenvalue weighted by Gasteiger charge is -2.30. The summed E-state index contributed by atoms with van der Waals surface area (Å²) in [6.07, 6.45) is 3.09. The zero-order valence-corrected chi connectivity index (χ0v) is 11.5. The molecule has 1 aliphatic heterocycles. The first-order valence-electron chi connectivity index (χ1n) is 6.89. The fourth-order valence-corrected chi connectivity index (χ4v) is 3.18. The van der Waals surface area contributed by atoms with E-state index in [0.29, 0.717) is 48.9 Å². The predicted octanol–water partition coefficient (Wildman–Crippen LogP) is 2.36. The fraction of sp³-hybridized carbons (Fsp3) is 0.533. The van der Waals surface area contributed by atoms with Crippen LogP contribution in [0.2, 0.25) is 0 Å². The number of carboxylic acids is 1. The molecule has 0 amide bonds. The van der Waals surface area contributed by atoms with Crippen molar-refractivity contribution in [3.05, 3.63) is 17.7 Å². The van der Waals surface area contributed by atoms with Gasteiger partial charge in [-0.1, -0.05) is 12.8 Å². The number of carboxylic acid groups (broad SMARTS) is 1. The number of methoxy groups -OCH3 is 1. The lowest BCUT2D eigenvalue weighted by atomic mass is 9.78. The molecule has 1 aromatic carbocycles. The van der Waals surface area contributed by atoms with Crippen molar-refractivity contribution in [3.63, 3.8) is 0 Å². The van der Waals surface area contributed by atoms with Gasteiger partial charge in [-0.3, -0.25) is 4.79 Å². The minimum Gasteiger partial charge on any atom is -0.497 e. The van der Waals surface area contributed by atoms with Crippen LogP contribution in [0.1, 0.15) is 31.2 Å². The molecule has 0 radical (unpaired) electrons. The van der Waals surface area contributed by atoms with E-state index in [1.807, 2.05) is 0 Å². The molecule has 1 fully saturated rings.